The highest BCUT2D eigenvalue weighted by molar-refractivity contribution is 7.98. The summed E-state index contributed by atoms with van der Waals surface area (Å²) >= 11 is 1.85. The lowest BCUT2D eigenvalue weighted by atomic mass is 10.2. The maximum atomic E-state index is 5.51. The van der Waals surface area contributed by atoms with E-state index in [1.54, 1.807) is 6.20 Å². The highest BCUT2D eigenvalue weighted by Crippen LogP contribution is 2.12. The summed E-state index contributed by atoms with van der Waals surface area (Å²) in [5, 5.41) is 3.42. The number of hydrogen-bond donors (Lipinski definition) is 2. The van der Waals surface area contributed by atoms with Crippen LogP contribution in [0.1, 0.15) is 13.3 Å². The fourth-order valence-corrected chi connectivity index (χ4v) is 1.91. The molecule has 3 nitrogen and oxygen atoms in total. The lowest BCUT2D eigenvalue weighted by Gasteiger charge is -2.16. The van der Waals surface area contributed by atoms with Gasteiger partial charge >= 0.3 is 0 Å². The Kier molecular flexibility index (Phi) is 4.59. The minimum absolute atomic E-state index is 0.510. The van der Waals surface area contributed by atoms with Gasteiger partial charge in [-0.3, -0.25) is 0 Å². The van der Waals surface area contributed by atoms with E-state index in [9.17, 15) is 0 Å². The molecule has 1 rings (SSSR count). The molecule has 0 amide bonds. The first-order valence-electron chi connectivity index (χ1n) is 4.73. The van der Waals surface area contributed by atoms with Gasteiger partial charge in [0.15, 0.2) is 0 Å². The van der Waals surface area contributed by atoms with Crippen molar-refractivity contribution in [1.82, 2.24) is 4.98 Å². The van der Waals surface area contributed by atoms with Crippen LogP contribution < -0.4 is 11.1 Å². The van der Waals surface area contributed by atoms with E-state index in [1.165, 1.54) is 0 Å². The summed E-state index contributed by atoms with van der Waals surface area (Å²) in [7, 11) is 0. The Morgan fingerprint density at radius 2 is 2.36 bits per heavy atom. The summed E-state index contributed by atoms with van der Waals surface area (Å²) in [6.07, 6.45) is 5.01. The van der Waals surface area contributed by atoms with E-state index in [-0.39, 0.29) is 0 Å². The Morgan fingerprint density at radius 3 is 2.86 bits per heavy atom. The summed E-state index contributed by atoms with van der Waals surface area (Å²) in [6, 6.07) is 4.29. The van der Waals surface area contributed by atoms with Gasteiger partial charge < -0.3 is 11.1 Å². The number of aromatic nitrogens is 1. The molecule has 1 atom stereocenters. The average molecular weight is 211 g/mol. The number of pyridine rings is 1. The molecule has 14 heavy (non-hydrogen) atoms. The highest BCUT2D eigenvalue weighted by Gasteiger charge is 2.04. The molecule has 4 heteroatoms. The molecule has 0 aliphatic heterocycles. The second-order valence-corrected chi connectivity index (χ2v) is 4.09. The highest BCUT2D eigenvalue weighted by atomic mass is 32.2. The first-order valence-corrected chi connectivity index (χ1v) is 6.12. The van der Waals surface area contributed by atoms with Gasteiger partial charge in [0.25, 0.3) is 0 Å². The van der Waals surface area contributed by atoms with Crippen LogP contribution in [0.5, 0.6) is 0 Å². The van der Waals surface area contributed by atoms with Crippen LogP contribution in [0.15, 0.2) is 18.3 Å². The molecule has 0 fully saturated rings. The summed E-state index contributed by atoms with van der Waals surface area (Å²) in [5.74, 6) is 1.68. The molecule has 0 saturated carbocycles. The SMILES string of the molecule is CCC(CSC)Nc1ccc(N)nc1. The van der Waals surface area contributed by atoms with Gasteiger partial charge in [0, 0.05) is 11.8 Å². The van der Waals surface area contributed by atoms with E-state index < -0.39 is 0 Å². The normalized spacial score (nSPS) is 12.4. The van der Waals surface area contributed by atoms with Crippen LogP contribution in [-0.2, 0) is 0 Å². The standard InChI is InChI=1S/C10H17N3S/c1-3-8(7-14-2)13-9-4-5-10(11)12-6-9/h4-6,8,13H,3,7H2,1-2H3,(H2,11,12). The number of nitrogen functional groups attached to an aromatic ring is 1. The van der Waals surface area contributed by atoms with E-state index >= 15 is 0 Å². The number of rotatable bonds is 5. The molecule has 0 spiro atoms. The topological polar surface area (TPSA) is 50.9 Å². The van der Waals surface area contributed by atoms with Crippen LogP contribution in [0.3, 0.4) is 0 Å². The summed E-state index contributed by atoms with van der Waals surface area (Å²) in [5.41, 5.74) is 6.55. The van der Waals surface area contributed by atoms with Crippen LogP contribution in [0.25, 0.3) is 0 Å². The predicted octanol–water partition coefficient (Wildman–Crippen LogP) is 2.22. The number of nitrogens with one attached hydrogen (secondary N) is 1. The van der Waals surface area contributed by atoms with Gasteiger partial charge in [-0.25, -0.2) is 4.98 Å². The fourth-order valence-electron chi connectivity index (χ4n) is 1.19. The molecule has 0 aliphatic carbocycles. The van der Waals surface area contributed by atoms with Crippen molar-refractivity contribution in [2.24, 2.45) is 0 Å². The van der Waals surface area contributed by atoms with Crippen molar-refractivity contribution >= 4 is 23.3 Å². The number of nitrogens with zero attached hydrogens (tertiary/aromatic N) is 1. The number of anilines is 2. The van der Waals surface area contributed by atoms with Crippen molar-refractivity contribution in [3.8, 4) is 0 Å². The molecular weight excluding hydrogens is 194 g/mol. The van der Waals surface area contributed by atoms with Crippen molar-refractivity contribution in [2.75, 3.05) is 23.1 Å². The zero-order valence-electron chi connectivity index (χ0n) is 8.66. The lowest BCUT2D eigenvalue weighted by Crippen LogP contribution is -2.21. The van der Waals surface area contributed by atoms with E-state index in [0.29, 0.717) is 11.9 Å². The quantitative estimate of drug-likeness (QED) is 0.784. The van der Waals surface area contributed by atoms with E-state index in [0.717, 1.165) is 17.9 Å². The van der Waals surface area contributed by atoms with Crippen LogP contribution >= 0.6 is 11.8 Å². The minimum Gasteiger partial charge on any atom is -0.384 e. The molecular formula is C10H17N3S. The van der Waals surface area contributed by atoms with Crippen LogP contribution in [0, 0.1) is 0 Å². The van der Waals surface area contributed by atoms with Gasteiger partial charge in [0.2, 0.25) is 0 Å². The summed E-state index contributed by atoms with van der Waals surface area (Å²) < 4.78 is 0. The van der Waals surface area contributed by atoms with Crippen molar-refractivity contribution in [3.05, 3.63) is 18.3 Å². The first kappa shape index (κ1) is 11.2. The van der Waals surface area contributed by atoms with Crippen molar-refractivity contribution in [2.45, 2.75) is 19.4 Å². The molecule has 1 aromatic rings. The Hall–Kier alpha value is -0.900. The third kappa shape index (κ3) is 3.46. The zero-order chi connectivity index (χ0) is 10.4. The Morgan fingerprint density at radius 1 is 1.57 bits per heavy atom. The van der Waals surface area contributed by atoms with Crippen molar-refractivity contribution in [3.63, 3.8) is 0 Å². The third-order valence-electron chi connectivity index (χ3n) is 2.02. The summed E-state index contributed by atoms with van der Waals surface area (Å²) in [6.45, 7) is 2.18. The Bertz CT molecular complexity index is 261. The van der Waals surface area contributed by atoms with E-state index in [1.807, 2.05) is 23.9 Å². The molecule has 3 N–H and O–H groups in total. The smallest absolute Gasteiger partial charge is 0.123 e. The molecule has 1 heterocycles. The molecule has 1 aromatic heterocycles. The maximum absolute atomic E-state index is 5.51. The third-order valence-corrected chi connectivity index (χ3v) is 2.75. The lowest BCUT2D eigenvalue weighted by molar-refractivity contribution is 0.774. The molecule has 78 valence electrons. The summed E-state index contributed by atoms with van der Waals surface area (Å²) in [4.78, 5) is 4.04. The minimum atomic E-state index is 0.510. The first-order chi connectivity index (χ1) is 6.76. The largest absolute Gasteiger partial charge is 0.384 e. The maximum Gasteiger partial charge on any atom is 0.123 e. The van der Waals surface area contributed by atoms with Gasteiger partial charge in [-0.1, -0.05) is 6.92 Å². The predicted molar refractivity (Wildman–Crippen MR) is 64.7 cm³/mol. The van der Waals surface area contributed by atoms with Crippen molar-refractivity contribution in [1.29, 1.82) is 0 Å². The van der Waals surface area contributed by atoms with Crippen molar-refractivity contribution < 1.29 is 0 Å². The molecule has 1 unspecified atom stereocenters. The van der Waals surface area contributed by atoms with Gasteiger partial charge in [-0.05, 0) is 24.8 Å². The monoisotopic (exact) mass is 211 g/mol. The Balaban J connectivity index is 2.53. The number of thioether (sulfide) groups is 1. The molecule has 0 aliphatic rings. The van der Waals surface area contributed by atoms with Crippen LogP contribution in [0.2, 0.25) is 0 Å². The number of hydrogen-bond acceptors (Lipinski definition) is 4. The Labute approximate surface area is 89.5 Å². The second kappa shape index (κ2) is 5.75. The average Bonchev–Trinajstić information content (AvgIpc) is 2.20. The zero-order valence-corrected chi connectivity index (χ0v) is 9.47. The van der Waals surface area contributed by atoms with E-state index in [4.69, 9.17) is 5.73 Å². The van der Waals surface area contributed by atoms with Gasteiger partial charge in [-0.15, -0.1) is 0 Å². The molecule has 0 bridgehead atoms. The second-order valence-electron chi connectivity index (χ2n) is 3.18. The van der Waals surface area contributed by atoms with Crippen LogP contribution in [-0.4, -0.2) is 23.0 Å². The molecule has 0 radical (unpaired) electrons. The fraction of sp³-hybridized carbons (Fsp3) is 0.500. The van der Waals surface area contributed by atoms with Gasteiger partial charge in [0.1, 0.15) is 5.82 Å². The van der Waals surface area contributed by atoms with Gasteiger partial charge in [-0.2, -0.15) is 11.8 Å². The molecule has 0 saturated heterocycles. The van der Waals surface area contributed by atoms with Gasteiger partial charge in [0.05, 0.1) is 11.9 Å². The van der Waals surface area contributed by atoms with Crippen LogP contribution in [0.4, 0.5) is 11.5 Å². The molecule has 0 aromatic carbocycles. The number of nitrogens with two attached hydrogens (primary N) is 1. The van der Waals surface area contributed by atoms with E-state index in [2.05, 4.69) is 23.5 Å².